The molecule has 0 unspecified atom stereocenters. The Bertz CT molecular complexity index is 1080. The van der Waals surface area contributed by atoms with E-state index in [0.29, 0.717) is 17.4 Å². The minimum atomic E-state index is -0.310. The van der Waals surface area contributed by atoms with Crippen LogP contribution in [0.5, 0.6) is 0 Å². The number of carbonyl (C=O) groups is 1. The molecule has 1 atom stereocenters. The van der Waals surface area contributed by atoms with E-state index in [-0.39, 0.29) is 24.2 Å². The van der Waals surface area contributed by atoms with Crippen LogP contribution < -0.4 is 11.0 Å². The number of nitrogens with zero attached hydrogens (tertiary/aromatic N) is 4. The van der Waals surface area contributed by atoms with Crippen LogP contribution in [0.1, 0.15) is 43.5 Å². The van der Waals surface area contributed by atoms with Crippen LogP contribution in [0.25, 0.3) is 15.9 Å². The van der Waals surface area contributed by atoms with E-state index in [4.69, 9.17) is 0 Å². The van der Waals surface area contributed by atoms with Gasteiger partial charge in [-0.3, -0.25) is 4.79 Å². The second kappa shape index (κ2) is 6.19. The van der Waals surface area contributed by atoms with E-state index in [0.717, 1.165) is 29.5 Å². The predicted molar refractivity (Wildman–Crippen MR) is 102 cm³/mol. The molecule has 0 saturated heterocycles. The van der Waals surface area contributed by atoms with Crippen LogP contribution in [0.2, 0.25) is 0 Å². The van der Waals surface area contributed by atoms with Crippen LogP contribution in [0, 0.1) is 12.8 Å². The van der Waals surface area contributed by atoms with Gasteiger partial charge in [-0.2, -0.15) is 0 Å². The molecule has 0 radical (unpaired) electrons. The Labute approximate surface area is 155 Å². The molecule has 4 rings (SSSR count). The second-order valence-electron chi connectivity index (χ2n) is 7.51. The van der Waals surface area contributed by atoms with Gasteiger partial charge in [0.25, 0.3) is 0 Å². The van der Waals surface area contributed by atoms with E-state index < -0.39 is 0 Å². The maximum atomic E-state index is 12.8. The van der Waals surface area contributed by atoms with Crippen molar-refractivity contribution < 1.29 is 4.79 Å². The highest BCUT2D eigenvalue weighted by Gasteiger charge is 2.25. The first kappa shape index (κ1) is 17.2. The van der Waals surface area contributed by atoms with Crippen molar-refractivity contribution in [3.8, 4) is 0 Å². The predicted octanol–water partition coefficient (Wildman–Crippen LogP) is 2.06. The Hall–Kier alpha value is -2.22. The summed E-state index contributed by atoms with van der Waals surface area (Å²) in [5, 5.41) is 8.31. The van der Waals surface area contributed by atoms with Gasteiger partial charge in [0.2, 0.25) is 5.91 Å². The molecule has 8 heteroatoms. The number of thiophene rings is 1. The van der Waals surface area contributed by atoms with Crippen LogP contribution in [0.15, 0.2) is 4.79 Å². The molecule has 0 spiro atoms. The topological polar surface area (TPSA) is 81.3 Å². The summed E-state index contributed by atoms with van der Waals surface area (Å²) in [7, 11) is 0. The number of nitrogens with one attached hydrogen (secondary N) is 1. The third kappa shape index (κ3) is 2.72. The lowest BCUT2D eigenvalue weighted by molar-refractivity contribution is -0.122. The lowest BCUT2D eigenvalue weighted by Crippen LogP contribution is -2.36. The summed E-state index contributed by atoms with van der Waals surface area (Å²) in [4.78, 5) is 31.9. The smallest absolute Gasteiger partial charge is 0.352 e. The number of hydrogen-bond donors (Lipinski definition) is 1. The van der Waals surface area contributed by atoms with E-state index in [2.05, 4.69) is 22.3 Å². The standard InChI is InChI=1S/C18H23N5O2S/c1-9(2)19-14(24)8-22-18(25)23-11(4)20-17-15(16(23)21-22)12-6-5-10(3)7-13(12)26-17/h9-10H,5-8H2,1-4H3,(H,19,24)/t10-/m1/s1. The molecule has 0 aliphatic heterocycles. The number of hydrogen-bond acceptors (Lipinski definition) is 5. The van der Waals surface area contributed by atoms with Crippen molar-refractivity contribution in [2.45, 2.75) is 59.5 Å². The molecular formula is C18H23N5O2S. The molecular weight excluding hydrogens is 350 g/mol. The summed E-state index contributed by atoms with van der Waals surface area (Å²) in [6.07, 6.45) is 3.19. The zero-order valence-corrected chi connectivity index (χ0v) is 16.3. The van der Waals surface area contributed by atoms with Crippen LogP contribution >= 0.6 is 11.3 Å². The lowest BCUT2D eigenvalue weighted by atomic mass is 9.89. The van der Waals surface area contributed by atoms with Crippen molar-refractivity contribution in [1.29, 1.82) is 0 Å². The molecule has 3 aromatic heterocycles. The molecule has 26 heavy (non-hydrogen) atoms. The molecule has 3 aromatic rings. The van der Waals surface area contributed by atoms with E-state index in [1.54, 1.807) is 11.3 Å². The van der Waals surface area contributed by atoms with Crippen LogP contribution in [-0.4, -0.2) is 31.1 Å². The number of aryl methyl sites for hydroxylation is 2. The Kier molecular flexibility index (Phi) is 4.10. The van der Waals surface area contributed by atoms with E-state index in [1.165, 1.54) is 19.5 Å². The molecule has 1 aliphatic rings. The van der Waals surface area contributed by atoms with Gasteiger partial charge >= 0.3 is 5.69 Å². The monoisotopic (exact) mass is 373 g/mol. The molecule has 0 fully saturated rings. The molecule has 3 heterocycles. The van der Waals surface area contributed by atoms with Gasteiger partial charge in [0.15, 0.2) is 5.65 Å². The molecule has 7 nitrogen and oxygen atoms in total. The highest BCUT2D eigenvalue weighted by Crippen LogP contribution is 2.38. The van der Waals surface area contributed by atoms with Crippen LogP contribution in [-0.2, 0) is 24.2 Å². The summed E-state index contributed by atoms with van der Waals surface area (Å²) >= 11 is 1.71. The number of amides is 1. The summed E-state index contributed by atoms with van der Waals surface area (Å²) < 4.78 is 2.78. The minimum absolute atomic E-state index is 0.0243. The van der Waals surface area contributed by atoms with E-state index in [9.17, 15) is 9.59 Å². The number of rotatable bonds is 3. The maximum Gasteiger partial charge on any atom is 0.352 e. The molecule has 1 amide bonds. The van der Waals surface area contributed by atoms with Crippen LogP contribution in [0.4, 0.5) is 0 Å². The Morgan fingerprint density at radius 1 is 1.42 bits per heavy atom. The van der Waals surface area contributed by atoms with Crippen molar-refractivity contribution in [3.63, 3.8) is 0 Å². The highest BCUT2D eigenvalue weighted by atomic mass is 32.1. The molecule has 0 saturated carbocycles. The Balaban J connectivity index is 1.89. The average Bonchev–Trinajstić information content (AvgIpc) is 3.04. The van der Waals surface area contributed by atoms with Crippen LogP contribution in [0.3, 0.4) is 0 Å². The normalized spacial score (nSPS) is 17.2. The highest BCUT2D eigenvalue weighted by molar-refractivity contribution is 7.19. The number of carbonyl (C=O) groups excluding carboxylic acids is 1. The Morgan fingerprint density at radius 3 is 2.92 bits per heavy atom. The van der Waals surface area contributed by atoms with Gasteiger partial charge in [0.1, 0.15) is 17.2 Å². The molecule has 138 valence electrons. The summed E-state index contributed by atoms with van der Waals surface area (Å²) in [5.74, 6) is 1.07. The second-order valence-corrected chi connectivity index (χ2v) is 8.60. The Morgan fingerprint density at radius 2 is 2.19 bits per heavy atom. The maximum absolute atomic E-state index is 12.8. The average molecular weight is 373 g/mol. The van der Waals surface area contributed by atoms with Gasteiger partial charge in [-0.1, -0.05) is 6.92 Å². The lowest BCUT2D eigenvalue weighted by Gasteiger charge is -2.17. The fraction of sp³-hybridized carbons (Fsp3) is 0.556. The van der Waals surface area contributed by atoms with Gasteiger partial charge in [-0.15, -0.1) is 16.4 Å². The van der Waals surface area contributed by atoms with Crippen molar-refractivity contribution in [2.24, 2.45) is 5.92 Å². The fourth-order valence-electron chi connectivity index (χ4n) is 3.71. The third-order valence-corrected chi connectivity index (χ3v) is 6.03. The third-order valence-electron chi connectivity index (χ3n) is 4.89. The molecule has 1 aliphatic carbocycles. The zero-order chi connectivity index (χ0) is 18.6. The molecule has 1 N–H and O–H groups in total. The molecule has 0 aromatic carbocycles. The zero-order valence-electron chi connectivity index (χ0n) is 15.5. The fourth-order valence-corrected chi connectivity index (χ4v) is 5.13. The van der Waals surface area contributed by atoms with Crippen molar-refractivity contribution in [3.05, 3.63) is 26.7 Å². The summed E-state index contributed by atoms with van der Waals surface area (Å²) in [5.41, 5.74) is 1.60. The van der Waals surface area contributed by atoms with Gasteiger partial charge in [-0.25, -0.2) is 18.9 Å². The summed E-state index contributed by atoms with van der Waals surface area (Å²) in [6.45, 7) is 7.79. The number of aromatic nitrogens is 4. The van der Waals surface area contributed by atoms with E-state index in [1.807, 2.05) is 20.8 Å². The SMILES string of the molecule is Cc1nc2sc3c(c2c2nn(CC(=O)NC(C)C)c(=O)n12)CC[C@@H](C)C3. The van der Waals surface area contributed by atoms with Crippen molar-refractivity contribution in [2.75, 3.05) is 0 Å². The largest absolute Gasteiger partial charge is 0.352 e. The van der Waals surface area contributed by atoms with Crippen molar-refractivity contribution in [1.82, 2.24) is 24.5 Å². The van der Waals surface area contributed by atoms with Gasteiger partial charge < -0.3 is 5.32 Å². The van der Waals surface area contributed by atoms with Gasteiger partial charge in [0, 0.05) is 10.9 Å². The molecule has 0 bridgehead atoms. The summed E-state index contributed by atoms with van der Waals surface area (Å²) in [6, 6.07) is 0.0243. The number of fused-ring (bicyclic) bond motifs is 5. The quantitative estimate of drug-likeness (QED) is 0.762. The first-order chi connectivity index (χ1) is 12.3. The first-order valence-electron chi connectivity index (χ1n) is 9.05. The van der Waals surface area contributed by atoms with E-state index >= 15 is 0 Å². The van der Waals surface area contributed by atoms with Crippen molar-refractivity contribution >= 4 is 33.1 Å². The minimum Gasteiger partial charge on any atom is -0.352 e. The van der Waals surface area contributed by atoms with Gasteiger partial charge in [-0.05, 0) is 51.5 Å². The van der Waals surface area contributed by atoms with Gasteiger partial charge in [0.05, 0.1) is 5.39 Å². The first-order valence-corrected chi connectivity index (χ1v) is 9.86.